The Balaban J connectivity index is 1.67. The molecule has 2 aromatic carbocycles. The minimum atomic E-state index is -0.124. The number of nitrogens with zero attached hydrogens (tertiary/aromatic N) is 3. The van der Waals surface area contributed by atoms with Crippen LogP contribution in [-0.4, -0.2) is 21.0 Å². The predicted octanol–water partition coefficient (Wildman–Crippen LogP) is 5.36. The number of carbonyl (C=O) groups excluding carboxylic acids is 1. The molecule has 0 saturated heterocycles. The number of hydrogen-bond donors (Lipinski definition) is 1. The second-order valence-electron chi connectivity index (χ2n) is 6.64. The summed E-state index contributed by atoms with van der Waals surface area (Å²) < 4.78 is 5.53. The first-order valence-corrected chi connectivity index (χ1v) is 10.2. The third kappa shape index (κ3) is 3.95. The first kappa shape index (κ1) is 19.0. The van der Waals surface area contributed by atoms with Gasteiger partial charge in [0.25, 0.3) is 5.89 Å². The first-order valence-electron chi connectivity index (χ1n) is 9.31. The van der Waals surface area contributed by atoms with Crippen LogP contribution >= 0.6 is 11.3 Å². The molecule has 0 atom stereocenters. The van der Waals surface area contributed by atoms with E-state index in [1.54, 1.807) is 11.3 Å². The van der Waals surface area contributed by atoms with Crippen LogP contribution in [0.5, 0.6) is 0 Å². The van der Waals surface area contributed by atoms with Crippen molar-refractivity contribution in [3.05, 3.63) is 58.4 Å². The molecule has 0 aliphatic heterocycles. The van der Waals surface area contributed by atoms with Gasteiger partial charge < -0.3 is 9.84 Å². The molecular formula is C22H20N4O2S. The zero-order valence-electron chi connectivity index (χ0n) is 16.4. The molecule has 4 aromatic rings. The maximum absolute atomic E-state index is 11.4. The van der Waals surface area contributed by atoms with Crippen molar-refractivity contribution >= 4 is 22.9 Å². The second-order valence-corrected chi connectivity index (χ2v) is 7.59. The molecule has 4 rings (SSSR count). The molecule has 6 nitrogen and oxygen atoms in total. The van der Waals surface area contributed by atoms with E-state index in [2.05, 4.69) is 32.7 Å². The normalized spacial score (nSPS) is 10.9. The Morgan fingerprint density at radius 1 is 1.14 bits per heavy atom. The molecule has 7 heteroatoms. The molecule has 0 spiro atoms. The molecular weight excluding hydrogens is 384 g/mol. The maximum Gasteiger partial charge on any atom is 0.258 e. The summed E-state index contributed by atoms with van der Waals surface area (Å²) in [4.78, 5) is 20.6. The SMILES string of the molecule is CCc1nc(-c2cccc(-c3noc(-c4cccc(NC(C)=O)c4C)n3)c2)cs1. The molecule has 0 unspecified atom stereocenters. The molecule has 2 heterocycles. The van der Waals surface area contributed by atoms with E-state index in [1.807, 2.05) is 49.4 Å². The zero-order valence-corrected chi connectivity index (χ0v) is 17.2. The fourth-order valence-corrected chi connectivity index (χ4v) is 3.82. The highest BCUT2D eigenvalue weighted by molar-refractivity contribution is 7.09. The van der Waals surface area contributed by atoms with Gasteiger partial charge in [-0.05, 0) is 37.1 Å². The van der Waals surface area contributed by atoms with Gasteiger partial charge in [0.2, 0.25) is 11.7 Å². The lowest BCUT2D eigenvalue weighted by Gasteiger charge is -2.08. The number of aromatic nitrogens is 3. The Morgan fingerprint density at radius 2 is 1.93 bits per heavy atom. The van der Waals surface area contributed by atoms with Gasteiger partial charge in [0.1, 0.15) is 0 Å². The highest BCUT2D eigenvalue weighted by atomic mass is 32.1. The Hall–Kier alpha value is -3.32. The van der Waals surface area contributed by atoms with Crippen LogP contribution in [0.2, 0.25) is 0 Å². The fourth-order valence-electron chi connectivity index (χ4n) is 3.07. The number of aryl methyl sites for hydroxylation is 1. The average Bonchev–Trinajstić information content (AvgIpc) is 3.39. The molecule has 0 aliphatic carbocycles. The van der Waals surface area contributed by atoms with E-state index in [1.165, 1.54) is 6.92 Å². The van der Waals surface area contributed by atoms with E-state index in [-0.39, 0.29) is 5.91 Å². The van der Waals surface area contributed by atoms with Gasteiger partial charge in [-0.3, -0.25) is 4.79 Å². The summed E-state index contributed by atoms with van der Waals surface area (Å²) in [7, 11) is 0. The van der Waals surface area contributed by atoms with Crippen LogP contribution in [0.1, 0.15) is 24.4 Å². The summed E-state index contributed by atoms with van der Waals surface area (Å²) in [6, 6.07) is 13.6. The van der Waals surface area contributed by atoms with Gasteiger partial charge in [-0.1, -0.05) is 36.3 Å². The Labute approximate surface area is 172 Å². The van der Waals surface area contributed by atoms with Gasteiger partial charge in [-0.25, -0.2) is 4.98 Å². The quantitative estimate of drug-likeness (QED) is 0.484. The molecule has 0 radical (unpaired) electrons. The molecule has 1 N–H and O–H groups in total. The number of rotatable bonds is 5. The smallest absolute Gasteiger partial charge is 0.258 e. The minimum absolute atomic E-state index is 0.124. The van der Waals surface area contributed by atoms with Crippen LogP contribution in [0.25, 0.3) is 34.1 Å². The second kappa shape index (κ2) is 7.97. The van der Waals surface area contributed by atoms with Gasteiger partial charge in [0, 0.05) is 34.7 Å². The lowest BCUT2D eigenvalue weighted by molar-refractivity contribution is -0.114. The van der Waals surface area contributed by atoms with Crippen molar-refractivity contribution in [2.45, 2.75) is 27.2 Å². The van der Waals surface area contributed by atoms with Crippen LogP contribution in [0.15, 0.2) is 52.4 Å². The van der Waals surface area contributed by atoms with Crippen molar-refractivity contribution in [3.63, 3.8) is 0 Å². The number of anilines is 1. The van der Waals surface area contributed by atoms with E-state index in [0.29, 0.717) is 11.7 Å². The van der Waals surface area contributed by atoms with Crippen LogP contribution < -0.4 is 5.32 Å². The van der Waals surface area contributed by atoms with E-state index in [9.17, 15) is 4.79 Å². The molecule has 1 amide bonds. The summed E-state index contributed by atoms with van der Waals surface area (Å²) in [5, 5.41) is 10.2. The average molecular weight is 404 g/mol. The summed E-state index contributed by atoms with van der Waals surface area (Å²) in [6.07, 6.45) is 0.926. The van der Waals surface area contributed by atoms with Gasteiger partial charge >= 0.3 is 0 Å². The third-order valence-electron chi connectivity index (χ3n) is 4.57. The molecule has 0 saturated carbocycles. The number of nitrogens with one attached hydrogen (secondary N) is 1. The number of thiazole rings is 1. The molecule has 146 valence electrons. The Bertz CT molecular complexity index is 1180. The lowest BCUT2D eigenvalue weighted by atomic mass is 10.1. The molecule has 29 heavy (non-hydrogen) atoms. The highest BCUT2D eigenvalue weighted by Crippen LogP contribution is 2.30. The van der Waals surface area contributed by atoms with Crippen molar-refractivity contribution in [1.82, 2.24) is 15.1 Å². The highest BCUT2D eigenvalue weighted by Gasteiger charge is 2.15. The van der Waals surface area contributed by atoms with Gasteiger partial charge in [-0.15, -0.1) is 11.3 Å². The largest absolute Gasteiger partial charge is 0.334 e. The van der Waals surface area contributed by atoms with Crippen LogP contribution in [0.4, 0.5) is 5.69 Å². The summed E-state index contributed by atoms with van der Waals surface area (Å²) in [5.74, 6) is 0.802. The first-order chi connectivity index (χ1) is 14.0. The van der Waals surface area contributed by atoms with E-state index in [4.69, 9.17) is 4.52 Å². The molecule has 0 bridgehead atoms. The minimum Gasteiger partial charge on any atom is -0.334 e. The number of hydrogen-bond acceptors (Lipinski definition) is 6. The third-order valence-corrected chi connectivity index (χ3v) is 5.56. The number of benzene rings is 2. The van der Waals surface area contributed by atoms with Gasteiger partial charge in [0.15, 0.2) is 0 Å². The topological polar surface area (TPSA) is 80.9 Å². The molecule has 0 aliphatic rings. The van der Waals surface area contributed by atoms with E-state index >= 15 is 0 Å². The Kier molecular flexibility index (Phi) is 5.22. The zero-order chi connectivity index (χ0) is 20.4. The number of carbonyl (C=O) groups is 1. The lowest BCUT2D eigenvalue weighted by Crippen LogP contribution is -2.07. The molecule has 0 fully saturated rings. The van der Waals surface area contributed by atoms with Crippen LogP contribution in [0, 0.1) is 6.92 Å². The van der Waals surface area contributed by atoms with Crippen molar-refractivity contribution < 1.29 is 9.32 Å². The van der Waals surface area contributed by atoms with Gasteiger partial charge in [-0.2, -0.15) is 4.98 Å². The van der Waals surface area contributed by atoms with Crippen molar-refractivity contribution in [2.75, 3.05) is 5.32 Å². The maximum atomic E-state index is 11.4. The monoisotopic (exact) mass is 404 g/mol. The summed E-state index contributed by atoms with van der Waals surface area (Å²) >= 11 is 1.66. The summed E-state index contributed by atoms with van der Waals surface area (Å²) in [5.41, 5.74) is 5.23. The fraction of sp³-hybridized carbons (Fsp3) is 0.182. The van der Waals surface area contributed by atoms with Crippen LogP contribution in [-0.2, 0) is 11.2 Å². The summed E-state index contributed by atoms with van der Waals surface area (Å²) in [6.45, 7) is 5.50. The van der Waals surface area contributed by atoms with Gasteiger partial charge in [0.05, 0.1) is 10.7 Å². The van der Waals surface area contributed by atoms with Crippen molar-refractivity contribution in [1.29, 1.82) is 0 Å². The molecule has 2 aromatic heterocycles. The van der Waals surface area contributed by atoms with Crippen LogP contribution in [0.3, 0.4) is 0 Å². The van der Waals surface area contributed by atoms with E-state index in [0.717, 1.165) is 45.1 Å². The van der Waals surface area contributed by atoms with E-state index < -0.39 is 0 Å². The standard InChI is InChI=1S/C22H20N4O2S/c1-4-20-24-19(12-29-20)15-7-5-8-16(11-15)21-25-22(28-26-21)17-9-6-10-18(13(17)2)23-14(3)27/h5-12H,4H2,1-3H3,(H,23,27). The number of amides is 1. The predicted molar refractivity (Wildman–Crippen MR) is 115 cm³/mol. The Morgan fingerprint density at radius 3 is 2.69 bits per heavy atom. The van der Waals surface area contributed by atoms with Crippen molar-refractivity contribution in [2.24, 2.45) is 0 Å². The van der Waals surface area contributed by atoms with Crippen molar-refractivity contribution in [3.8, 4) is 34.1 Å².